The third kappa shape index (κ3) is 3.02. The van der Waals surface area contributed by atoms with E-state index < -0.39 is 0 Å². The molecule has 108 valence electrons. The molecule has 1 atom stereocenters. The van der Waals surface area contributed by atoms with Gasteiger partial charge in [0.15, 0.2) is 0 Å². The lowest BCUT2D eigenvalue weighted by atomic mass is 9.94. The molecular weight excluding hydrogens is 252 g/mol. The molecule has 0 saturated heterocycles. The summed E-state index contributed by atoms with van der Waals surface area (Å²) in [6.07, 6.45) is 3.40. The Labute approximate surface area is 119 Å². The molecule has 20 heavy (non-hydrogen) atoms. The second-order valence-electron chi connectivity index (χ2n) is 5.26. The molecule has 1 aromatic carbocycles. The number of methoxy groups -OCH3 is 1. The van der Waals surface area contributed by atoms with Crippen LogP contribution in [0.25, 0.3) is 10.8 Å². The smallest absolute Gasteiger partial charge is 0.134 e. The van der Waals surface area contributed by atoms with E-state index in [1.165, 1.54) is 0 Å². The molecule has 0 radical (unpaired) electrons. The van der Waals surface area contributed by atoms with Crippen molar-refractivity contribution in [1.82, 2.24) is 4.98 Å². The van der Waals surface area contributed by atoms with Crippen LogP contribution in [0, 0.1) is 0 Å². The molecule has 0 bridgehead atoms. The van der Waals surface area contributed by atoms with E-state index in [0.29, 0.717) is 6.42 Å². The Morgan fingerprint density at radius 2 is 2.15 bits per heavy atom. The Morgan fingerprint density at radius 3 is 2.80 bits per heavy atom. The Hall–Kier alpha value is -1.81. The van der Waals surface area contributed by atoms with Crippen molar-refractivity contribution in [2.45, 2.75) is 32.2 Å². The van der Waals surface area contributed by atoms with E-state index in [-0.39, 0.29) is 12.1 Å². The highest BCUT2D eigenvalue weighted by molar-refractivity contribution is 5.93. The Bertz CT molecular complexity index is 586. The SMILES string of the molecule is CCC(C)(CCO)Nc1nccc2ccc(OC)cc12. The van der Waals surface area contributed by atoms with E-state index in [9.17, 15) is 5.11 Å². The standard InChI is InChI=1S/C16H22N2O2/c1-4-16(2,8-10-19)18-15-14-11-13(20-3)6-5-12(14)7-9-17-15/h5-7,9,11,19H,4,8,10H2,1-3H3,(H,17,18). The minimum atomic E-state index is -0.168. The van der Waals surface area contributed by atoms with Crippen LogP contribution in [0.4, 0.5) is 5.82 Å². The van der Waals surface area contributed by atoms with Gasteiger partial charge >= 0.3 is 0 Å². The van der Waals surface area contributed by atoms with Crippen molar-refractivity contribution >= 4 is 16.6 Å². The van der Waals surface area contributed by atoms with Crippen molar-refractivity contribution in [3.8, 4) is 5.75 Å². The quantitative estimate of drug-likeness (QED) is 0.849. The third-order valence-electron chi connectivity index (χ3n) is 3.84. The van der Waals surface area contributed by atoms with Gasteiger partial charge in [0.2, 0.25) is 0 Å². The number of ether oxygens (including phenoxy) is 1. The average molecular weight is 274 g/mol. The molecule has 0 aliphatic rings. The van der Waals surface area contributed by atoms with Gasteiger partial charge in [-0.25, -0.2) is 4.98 Å². The molecule has 2 N–H and O–H groups in total. The summed E-state index contributed by atoms with van der Waals surface area (Å²) in [5, 5.41) is 14.8. The minimum Gasteiger partial charge on any atom is -0.497 e. The molecule has 1 unspecified atom stereocenters. The van der Waals surface area contributed by atoms with Crippen molar-refractivity contribution in [2.75, 3.05) is 19.0 Å². The molecule has 0 aliphatic carbocycles. The monoisotopic (exact) mass is 274 g/mol. The predicted octanol–water partition coefficient (Wildman–Crippen LogP) is 3.21. The van der Waals surface area contributed by atoms with Crippen LogP contribution in [0.1, 0.15) is 26.7 Å². The van der Waals surface area contributed by atoms with Gasteiger partial charge in [-0.3, -0.25) is 0 Å². The van der Waals surface area contributed by atoms with Gasteiger partial charge in [-0.15, -0.1) is 0 Å². The number of rotatable bonds is 6. The van der Waals surface area contributed by atoms with Gasteiger partial charge in [0.05, 0.1) is 7.11 Å². The summed E-state index contributed by atoms with van der Waals surface area (Å²) in [4.78, 5) is 4.45. The van der Waals surface area contributed by atoms with Crippen LogP contribution < -0.4 is 10.1 Å². The Morgan fingerprint density at radius 1 is 1.35 bits per heavy atom. The molecule has 4 nitrogen and oxygen atoms in total. The van der Waals surface area contributed by atoms with E-state index in [4.69, 9.17) is 4.74 Å². The second-order valence-corrected chi connectivity index (χ2v) is 5.26. The van der Waals surface area contributed by atoms with Crippen LogP contribution in [0.2, 0.25) is 0 Å². The van der Waals surface area contributed by atoms with Crippen LogP contribution in [-0.4, -0.2) is 29.3 Å². The van der Waals surface area contributed by atoms with Crippen LogP contribution in [-0.2, 0) is 0 Å². The highest BCUT2D eigenvalue weighted by Gasteiger charge is 2.22. The maximum atomic E-state index is 9.23. The number of nitrogens with one attached hydrogen (secondary N) is 1. The van der Waals surface area contributed by atoms with Crippen molar-refractivity contribution < 1.29 is 9.84 Å². The molecule has 1 aromatic heterocycles. The van der Waals surface area contributed by atoms with Crippen LogP contribution >= 0.6 is 0 Å². The molecule has 0 saturated carbocycles. The number of aromatic nitrogens is 1. The maximum Gasteiger partial charge on any atom is 0.134 e. The van der Waals surface area contributed by atoms with E-state index in [0.717, 1.165) is 28.8 Å². The molecule has 2 rings (SSSR count). The number of hydrogen-bond donors (Lipinski definition) is 2. The topological polar surface area (TPSA) is 54.4 Å². The van der Waals surface area contributed by atoms with Gasteiger partial charge in [-0.05, 0) is 43.4 Å². The molecule has 0 fully saturated rings. The van der Waals surface area contributed by atoms with E-state index >= 15 is 0 Å². The van der Waals surface area contributed by atoms with E-state index in [1.54, 1.807) is 13.3 Å². The fourth-order valence-corrected chi connectivity index (χ4v) is 2.23. The maximum absolute atomic E-state index is 9.23. The lowest BCUT2D eigenvalue weighted by Crippen LogP contribution is -2.35. The molecule has 0 spiro atoms. The van der Waals surface area contributed by atoms with Gasteiger partial charge < -0.3 is 15.2 Å². The highest BCUT2D eigenvalue weighted by atomic mass is 16.5. The zero-order chi connectivity index (χ0) is 14.6. The molecular formula is C16H22N2O2. The predicted molar refractivity (Wildman–Crippen MR) is 82.3 cm³/mol. The second kappa shape index (κ2) is 6.09. The number of nitrogens with zero attached hydrogens (tertiary/aromatic N) is 1. The molecule has 2 aromatic rings. The van der Waals surface area contributed by atoms with Crippen molar-refractivity contribution in [3.05, 3.63) is 30.5 Å². The Kier molecular flexibility index (Phi) is 4.45. The summed E-state index contributed by atoms with van der Waals surface area (Å²) in [6.45, 7) is 4.36. The van der Waals surface area contributed by atoms with Gasteiger partial charge in [-0.1, -0.05) is 13.0 Å². The fourth-order valence-electron chi connectivity index (χ4n) is 2.23. The normalized spacial score (nSPS) is 14.0. The van der Waals surface area contributed by atoms with E-state index in [1.807, 2.05) is 24.3 Å². The van der Waals surface area contributed by atoms with Crippen LogP contribution in [0.15, 0.2) is 30.5 Å². The van der Waals surface area contributed by atoms with Gasteiger partial charge in [0.25, 0.3) is 0 Å². The first-order valence-corrected chi connectivity index (χ1v) is 6.93. The van der Waals surface area contributed by atoms with Crippen molar-refractivity contribution in [2.24, 2.45) is 0 Å². The summed E-state index contributed by atoms with van der Waals surface area (Å²) in [5.41, 5.74) is -0.168. The average Bonchev–Trinajstić information content (AvgIpc) is 2.47. The van der Waals surface area contributed by atoms with Gasteiger partial charge in [-0.2, -0.15) is 0 Å². The fraction of sp³-hybridized carbons (Fsp3) is 0.438. The van der Waals surface area contributed by atoms with E-state index in [2.05, 4.69) is 24.1 Å². The number of fused-ring (bicyclic) bond motifs is 1. The number of pyridine rings is 1. The minimum absolute atomic E-state index is 0.158. The number of aliphatic hydroxyl groups is 1. The number of aliphatic hydroxyl groups excluding tert-OH is 1. The molecule has 0 amide bonds. The lowest BCUT2D eigenvalue weighted by Gasteiger charge is -2.30. The number of benzene rings is 1. The van der Waals surface area contributed by atoms with Crippen LogP contribution in [0.3, 0.4) is 0 Å². The first kappa shape index (κ1) is 14.6. The zero-order valence-electron chi connectivity index (χ0n) is 12.3. The number of anilines is 1. The van der Waals surface area contributed by atoms with Crippen molar-refractivity contribution in [3.63, 3.8) is 0 Å². The highest BCUT2D eigenvalue weighted by Crippen LogP contribution is 2.29. The first-order chi connectivity index (χ1) is 9.61. The summed E-state index contributed by atoms with van der Waals surface area (Å²) in [5.74, 6) is 1.65. The largest absolute Gasteiger partial charge is 0.497 e. The Balaban J connectivity index is 2.43. The third-order valence-corrected chi connectivity index (χ3v) is 3.84. The van der Waals surface area contributed by atoms with Gasteiger partial charge in [0, 0.05) is 23.7 Å². The van der Waals surface area contributed by atoms with Gasteiger partial charge in [0.1, 0.15) is 11.6 Å². The van der Waals surface area contributed by atoms with Crippen LogP contribution in [0.5, 0.6) is 5.75 Å². The molecule has 1 heterocycles. The summed E-state index contributed by atoms with van der Waals surface area (Å²) >= 11 is 0. The molecule has 0 aliphatic heterocycles. The van der Waals surface area contributed by atoms with Crippen molar-refractivity contribution in [1.29, 1.82) is 0 Å². The summed E-state index contributed by atoms with van der Waals surface area (Å²) < 4.78 is 5.29. The number of hydrogen-bond acceptors (Lipinski definition) is 4. The first-order valence-electron chi connectivity index (χ1n) is 6.93. The molecule has 4 heteroatoms. The summed E-state index contributed by atoms with van der Waals surface area (Å²) in [6, 6.07) is 7.93. The zero-order valence-corrected chi connectivity index (χ0v) is 12.3. The summed E-state index contributed by atoms with van der Waals surface area (Å²) in [7, 11) is 1.66. The lowest BCUT2D eigenvalue weighted by molar-refractivity contribution is 0.252.